The molecule has 5 nitrogen and oxygen atoms in total. The molecule has 4 heterocycles. The van der Waals surface area contributed by atoms with Crippen molar-refractivity contribution in [2.45, 2.75) is 39.5 Å². The van der Waals surface area contributed by atoms with Gasteiger partial charge in [0.15, 0.2) is 0 Å². The Hall–Kier alpha value is -7.98. The van der Waals surface area contributed by atoms with Crippen LogP contribution < -0.4 is 14.5 Å². The maximum absolute atomic E-state index is 6.84. The molecule has 0 unspecified atom stereocenters. The summed E-state index contributed by atoms with van der Waals surface area (Å²) in [6, 6.07) is 79.1. The van der Waals surface area contributed by atoms with Gasteiger partial charge in [0.05, 0.1) is 0 Å². The quantitative estimate of drug-likeness (QED) is 0.142. The van der Waals surface area contributed by atoms with Crippen LogP contribution in [0.5, 0.6) is 11.5 Å². The molecule has 0 spiro atoms. The number of rotatable bonds is 8. The first kappa shape index (κ1) is 45.2. The summed E-state index contributed by atoms with van der Waals surface area (Å²) in [5.74, 6) is 1.92. The van der Waals surface area contributed by atoms with E-state index in [1.807, 2.05) is 24.4 Å². The summed E-state index contributed by atoms with van der Waals surface area (Å²) in [6.45, 7) is 11.3. The van der Waals surface area contributed by atoms with Crippen LogP contribution in [0.4, 0.5) is 22.7 Å². The van der Waals surface area contributed by atoms with E-state index in [9.17, 15) is 0 Å². The molecule has 3 aromatic heterocycles. The molecule has 6 heteroatoms. The van der Waals surface area contributed by atoms with E-state index in [2.05, 4.69) is 243 Å². The normalized spacial score (nSPS) is 12.5. The number of benzene rings is 9. The third-order valence-corrected chi connectivity index (χ3v) is 14.3. The van der Waals surface area contributed by atoms with Gasteiger partial charge in [0.2, 0.25) is 0 Å². The van der Waals surface area contributed by atoms with Crippen molar-refractivity contribution in [3.8, 4) is 33.8 Å². The Morgan fingerprint density at radius 3 is 1.65 bits per heavy atom. The van der Waals surface area contributed by atoms with Crippen LogP contribution in [0.1, 0.15) is 50.7 Å². The molecule has 72 heavy (non-hydrogen) atoms. The first-order chi connectivity index (χ1) is 34.9. The summed E-state index contributed by atoms with van der Waals surface area (Å²) in [5.41, 5.74) is 14.1. The second-order valence-corrected chi connectivity index (χ2v) is 19.2. The van der Waals surface area contributed by atoms with E-state index in [1.54, 1.807) is 0 Å². The average Bonchev–Trinajstić information content (AvgIpc) is 3.97. The van der Waals surface area contributed by atoms with Crippen LogP contribution in [0.2, 0.25) is 0 Å². The van der Waals surface area contributed by atoms with Gasteiger partial charge < -0.3 is 18.9 Å². The average molecular weight is 1110 g/mol. The van der Waals surface area contributed by atoms with Crippen molar-refractivity contribution in [2.75, 3.05) is 9.80 Å². The van der Waals surface area contributed by atoms with Crippen LogP contribution in [0.25, 0.3) is 82.0 Å². The van der Waals surface area contributed by atoms with E-state index in [4.69, 9.17) is 9.72 Å². The zero-order valence-corrected chi connectivity index (χ0v) is 42.6. The number of hydrogen-bond acceptors (Lipinski definition) is 4. The van der Waals surface area contributed by atoms with Gasteiger partial charge in [0.25, 0.3) is 0 Å². The summed E-state index contributed by atoms with van der Waals surface area (Å²) < 4.78 is 9.15. The number of fused-ring (bicyclic) bond motifs is 11. The summed E-state index contributed by atoms with van der Waals surface area (Å²) in [4.78, 5) is 9.75. The molecule has 0 saturated heterocycles. The molecule has 1 aliphatic rings. The molecule has 0 fully saturated rings. The zero-order chi connectivity index (χ0) is 47.7. The molecule has 9 aromatic carbocycles. The first-order valence-corrected chi connectivity index (χ1v) is 24.6. The van der Waals surface area contributed by atoms with Crippen molar-refractivity contribution >= 4 is 82.5 Å². The number of aromatic nitrogens is 2. The summed E-state index contributed by atoms with van der Waals surface area (Å²) in [6.07, 6.45) is 1.90. The minimum absolute atomic E-state index is 0. The van der Waals surface area contributed by atoms with E-state index >= 15 is 0 Å². The van der Waals surface area contributed by atoms with Crippen molar-refractivity contribution in [3.63, 3.8) is 0 Å². The summed E-state index contributed by atoms with van der Waals surface area (Å²) in [5, 5.41) is 9.23. The van der Waals surface area contributed by atoms with E-state index in [-0.39, 0.29) is 21.1 Å². The van der Waals surface area contributed by atoms with Crippen LogP contribution in [-0.2, 0) is 21.1 Å². The largest absolute Gasteiger partial charge is 0.509 e. The second-order valence-electron chi connectivity index (χ2n) is 19.2. The molecular formula is C66H49N4OPt-3. The molecule has 352 valence electrons. The van der Waals surface area contributed by atoms with E-state index in [0.29, 0.717) is 23.3 Å². The van der Waals surface area contributed by atoms with Gasteiger partial charge in [-0.15, -0.1) is 48.1 Å². The van der Waals surface area contributed by atoms with Crippen molar-refractivity contribution in [1.29, 1.82) is 0 Å². The van der Waals surface area contributed by atoms with Crippen LogP contribution >= 0.6 is 0 Å². The SMILES string of the molecule is CC(C)c1ccc2c(c1)c1cc(C(C)C)ccc1c1cccc3c4ccc(Oc5[c-]c(N6[CH-]N(c7c(-c8ccccc8)cccc7-c7ccccc7)c7ccccc76)ccc5)[c-]c4n(c4ncccc24)c13.[Pt]. The van der Waals surface area contributed by atoms with Crippen LogP contribution in [0.15, 0.2) is 206 Å². The maximum atomic E-state index is 6.84. The first-order valence-electron chi connectivity index (χ1n) is 24.6. The predicted molar refractivity (Wildman–Crippen MR) is 296 cm³/mol. The van der Waals surface area contributed by atoms with Crippen molar-refractivity contribution < 1.29 is 25.8 Å². The number of para-hydroxylation sites is 4. The van der Waals surface area contributed by atoms with Gasteiger partial charge in [-0.05, 0) is 85.3 Å². The van der Waals surface area contributed by atoms with Crippen LogP contribution in [0.3, 0.4) is 0 Å². The molecule has 0 bridgehead atoms. The third-order valence-electron chi connectivity index (χ3n) is 14.3. The van der Waals surface area contributed by atoms with Crippen LogP contribution in [0, 0.1) is 18.8 Å². The number of anilines is 4. The number of pyridine rings is 1. The zero-order valence-electron chi connectivity index (χ0n) is 40.4. The van der Waals surface area contributed by atoms with Crippen LogP contribution in [-0.4, -0.2) is 9.38 Å². The predicted octanol–water partition coefficient (Wildman–Crippen LogP) is 18.0. The van der Waals surface area contributed by atoms with Gasteiger partial charge in [0, 0.05) is 83.2 Å². The van der Waals surface area contributed by atoms with Gasteiger partial charge >= 0.3 is 0 Å². The van der Waals surface area contributed by atoms with Gasteiger partial charge in [-0.3, -0.25) is 0 Å². The van der Waals surface area contributed by atoms with Crippen molar-refractivity contribution in [3.05, 3.63) is 236 Å². The van der Waals surface area contributed by atoms with Crippen molar-refractivity contribution in [1.82, 2.24) is 9.38 Å². The Balaban J connectivity index is 0.00000530. The monoisotopic (exact) mass is 1110 g/mol. The minimum atomic E-state index is 0. The summed E-state index contributed by atoms with van der Waals surface area (Å²) >= 11 is 0. The molecule has 0 atom stereocenters. The van der Waals surface area contributed by atoms with Gasteiger partial charge in [-0.1, -0.05) is 179 Å². The van der Waals surface area contributed by atoms with Gasteiger partial charge in [-0.2, -0.15) is 12.1 Å². The Morgan fingerprint density at radius 2 is 1.00 bits per heavy atom. The fraction of sp³-hybridized carbons (Fsp3) is 0.0909. The maximum Gasteiger partial charge on any atom is 0.143 e. The number of hydrogen-bond donors (Lipinski definition) is 0. The molecular weight excluding hydrogens is 1060 g/mol. The Kier molecular flexibility index (Phi) is 11.5. The third kappa shape index (κ3) is 7.54. The fourth-order valence-corrected chi connectivity index (χ4v) is 10.7. The molecule has 0 aliphatic carbocycles. The Morgan fingerprint density at radius 1 is 0.458 bits per heavy atom. The Labute approximate surface area is 434 Å². The Bertz CT molecular complexity index is 4030. The van der Waals surface area contributed by atoms with E-state index < -0.39 is 0 Å². The molecule has 0 saturated carbocycles. The van der Waals surface area contributed by atoms with Gasteiger partial charge in [0.1, 0.15) is 5.65 Å². The molecule has 13 rings (SSSR count). The molecule has 0 amide bonds. The standard InChI is InChI=1S/C66H49N4O.Pt/c1-42(2)46-30-33-53-56-25-15-26-57-55-35-32-50(40-63(55)70(65(56)57)66-58(27-16-36-67-66)54-34-31-47(43(3)4)38-60(54)59(53)37-46)71-49-22-13-21-48(39-49)68-41-69(62-29-12-11-28-61(62)68)64-51(44-17-7-5-8-18-44)23-14-24-52(64)45-19-9-6-10-20-45;/h5-38,41-43H,1-4H3;/q-3;. The molecule has 0 radical (unpaired) electrons. The second kappa shape index (κ2) is 18.3. The number of ether oxygens (including phenoxy) is 1. The molecule has 12 aromatic rings. The van der Waals surface area contributed by atoms with E-state index in [1.165, 1.54) is 27.3 Å². The minimum Gasteiger partial charge on any atom is -0.509 e. The van der Waals surface area contributed by atoms with Crippen molar-refractivity contribution in [2.24, 2.45) is 0 Å². The molecule has 1 aliphatic heterocycles. The smallest absolute Gasteiger partial charge is 0.143 e. The fourth-order valence-electron chi connectivity index (χ4n) is 10.7. The molecule has 0 N–H and O–H groups in total. The van der Waals surface area contributed by atoms with Gasteiger partial charge in [-0.25, -0.2) is 4.98 Å². The van der Waals surface area contributed by atoms with E-state index in [0.717, 1.165) is 88.6 Å². The topological polar surface area (TPSA) is 33.0 Å². The summed E-state index contributed by atoms with van der Waals surface area (Å²) in [7, 11) is 0. The number of nitrogens with zero attached hydrogens (tertiary/aromatic N) is 4.